The van der Waals surface area contributed by atoms with Gasteiger partial charge in [-0.05, 0) is 36.6 Å². The van der Waals surface area contributed by atoms with Crippen molar-refractivity contribution in [3.8, 4) is 0 Å². The Morgan fingerprint density at radius 3 is 1.53 bits per heavy atom. The van der Waals surface area contributed by atoms with Crippen LogP contribution < -0.4 is 10.4 Å². The number of rotatable bonds is 2. The fraction of sp³-hybridized carbons (Fsp3) is 0.400. The number of aromatic nitrogens is 2. The smallest absolute Gasteiger partial charge is 0.216 e. The third-order valence-electron chi connectivity index (χ3n) is 2.73. The molecule has 92 valence electrons. The van der Waals surface area contributed by atoms with E-state index in [0.717, 1.165) is 33.1 Å². The van der Waals surface area contributed by atoms with Crippen molar-refractivity contribution in [2.45, 2.75) is 26.2 Å². The van der Waals surface area contributed by atoms with Crippen LogP contribution in [0.1, 0.15) is 0 Å². The summed E-state index contributed by atoms with van der Waals surface area (Å²) in [6, 6.07) is 3.80. The summed E-state index contributed by atoms with van der Waals surface area (Å²) in [4.78, 5) is 20.4. The fourth-order valence-electron chi connectivity index (χ4n) is 1.85. The Balaban J connectivity index is 2.76. The molecule has 4 nitrogen and oxygen atoms in total. The van der Waals surface area contributed by atoms with E-state index in [4.69, 9.17) is 0 Å². The lowest BCUT2D eigenvalue weighted by molar-refractivity contribution is 0.567. The molecule has 1 aromatic carbocycles. The van der Waals surface area contributed by atoms with Crippen molar-refractivity contribution < 1.29 is 9.59 Å². The van der Waals surface area contributed by atoms with Gasteiger partial charge in [-0.3, -0.25) is 0 Å². The van der Waals surface area contributed by atoms with E-state index in [1.807, 2.05) is 38.3 Å². The van der Waals surface area contributed by atoms with Gasteiger partial charge in [0.05, 0.1) is 11.7 Å². The average Bonchev–Trinajstić information content (AvgIpc) is 2.60. The lowest BCUT2D eigenvalue weighted by Crippen LogP contribution is -2.46. The van der Waals surface area contributed by atoms with Crippen LogP contribution in [0.4, 0.5) is 0 Å². The molecule has 2 N–H and O–H groups in total. The Labute approximate surface area is 107 Å². The molecule has 1 heterocycles. The first kappa shape index (κ1) is 12.8. The minimum atomic E-state index is -2.41. The zero-order valence-electron chi connectivity index (χ0n) is 10.4. The summed E-state index contributed by atoms with van der Waals surface area (Å²) in [5.74, 6) is 0. The molecule has 0 atom stereocenters. The van der Waals surface area contributed by atoms with Gasteiger partial charge >= 0.3 is 0 Å². The zero-order valence-corrected chi connectivity index (χ0v) is 13.2. The highest BCUT2D eigenvalue weighted by atomic mass is 32.1. The van der Waals surface area contributed by atoms with E-state index in [9.17, 15) is 9.59 Å². The predicted octanol–water partition coefficient (Wildman–Crippen LogP) is 0.500. The molecular formula is C10H16N2O2SSi2. The molecule has 0 fully saturated rings. The lowest BCUT2D eigenvalue weighted by Gasteiger charge is -2.19. The van der Waals surface area contributed by atoms with Crippen molar-refractivity contribution in [3.63, 3.8) is 0 Å². The van der Waals surface area contributed by atoms with E-state index in [0.29, 0.717) is 0 Å². The first-order chi connectivity index (χ1) is 7.71. The van der Waals surface area contributed by atoms with Crippen molar-refractivity contribution in [2.24, 2.45) is 0 Å². The van der Waals surface area contributed by atoms with Crippen molar-refractivity contribution in [2.75, 3.05) is 0 Å². The first-order valence-electron chi connectivity index (χ1n) is 5.42. The summed E-state index contributed by atoms with van der Waals surface area (Å²) < 4.78 is 8.55. The largest absolute Gasteiger partial charge is 0.428 e. The molecule has 0 saturated carbocycles. The van der Waals surface area contributed by atoms with Gasteiger partial charge in [0, 0.05) is 0 Å². The third kappa shape index (κ3) is 2.33. The highest BCUT2D eigenvalue weighted by molar-refractivity contribution is 7.01. The summed E-state index contributed by atoms with van der Waals surface area (Å²) in [6.07, 6.45) is 0. The molecule has 0 aliphatic rings. The summed E-state index contributed by atoms with van der Waals surface area (Å²) in [7, 11) is -4.81. The van der Waals surface area contributed by atoms with E-state index in [1.54, 1.807) is 0 Å². The standard InChI is InChI=1S/C10H16N2O2SSi2/c1-16(2,13)7-5-6-8(17(3,4)14)10-9(7)11-15-12-10/h5-6,13-14H,1-4H3. The number of nitrogens with zero attached hydrogens (tertiary/aromatic N) is 2. The number of hydrogen-bond acceptors (Lipinski definition) is 5. The number of hydrogen-bond donors (Lipinski definition) is 2. The third-order valence-corrected chi connectivity index (χ3v) is 6.71. The monoisotopic (exact) mass is 284 g/mol. The van der Waals surface area contributed by atoms with Gasteiger partial charge < -0.3 is 9.59 Å². The zero-order chi connectivity index (χ0) is 12.8. The SMILES string of the molecule is C[Si](C)(O)c1ccc([Si](C)(C)O)c2nsnc12. The molecule has 0 aliphatic heterocycles. The van der Waals surface area contributed by atoms with E-state index >= 15 is 0 Å². The van der Waals surface area contributed by atoms with Crippen LogP contribution in [0.25, 0.3) is 11.0 Å². The molecule has 0 bridgehead atoms. The second kappa shape index (κ2) is 3.96. The average molecular weight is 284 g/mol. The lowest BCUT2D eigenvalue weighted by atomic mass is 10.3. The first-order valence-corrected chi connectivity index (χ1v) is 12.0. The number of fused-ring (bicyclic) bond motifs is 1. The van der Waals surface area contributed by atoms with Gasteiger partial charge in [-0.1, -0.05) is 12.1 Å². The quantitative estimate of drug-likeness (QED) is 0.788. The minimum absolute atomic E-state index is 0.765. The Morgan fingerprint density at radius 2 is 1.24 bits per heavy atom. The van der Waals surface area contributed by atoms with Crippen LogP contribution >= 0.6 is 11.7 Å². The molecule has 0 amide bonds. The molecule has 0 spiro atoms. The van der Waals surface area contributed by atoms with Gasteiger partial charge in [-0.25, -0.2) is 0 Å². The van der Waals surface area contributed by atoms with E-state index in [-0.39, 0.29) is 0 Å². The highest BCUT2D eigenvalue weighted by Gasteiger charge is 2.30. The van der Waals surface area contributed by atoms with Gasteiger partial charge in [0.1, 0.15) is 11.0 Å². The Hall–Kier alpha value is -0.606. The van der Waals surface area contributed by atoms with Crippen LogP contribution in [-0.4, -0.2) is 35.0 Å². The van der Waals surface area contributed by atoms with E-state index in [1.165, 1.54) is 0 Å². The molecule has 7 heteroatoms. The van der Waals surface area contributed by atoms with Crippen molar-refractivity contribution in [1.29, 1.82) is 0 Å². The Kier molecular flexibility index (Phi) is 2.99. The van der Waals surface area contributed by atoms with Crippen molar-refractivity contribution in [1.82, 2.24) is 8.75 Å². The minimum Gasteiger partial charge on any atom is -0.428 e. The van der Waals surface area contributed by atoms with Gasteiger partial charge in [0.25, 0.3) is 0 Å². The molecular weight excluding hydrogens is 268 g/mol. The molecule has 0 unspecified atom stereocenters. The summed E-state index contributed by atoms with van der Waals surface area (Å²) in [6.45, 7) is 7.45. The van der Waals surface area contributed by atoms with Crippen LogP contribution in [0.3, 0.4) is 0 Å². The molecule has 0 radical (unpaired) electrons. The van der Waals surface area contributed by atoms with Crippen LogP contribution in [0.2, 0.25) is 26.2 Å². The summed E-state index contributed by atoms with van der Waals surface area (Å²) >= 11 is 1.14. The summed E-state index contributed by atoms with van der Waals surface area (Å²) in [5.41, 5.74) is 1.53. The Bertz CT molecular complexity index is 509. The molecule has 0 saturated heterocycles. The van der Waals surface area contributed by atoms with Crippen molar-refractivity contribution in [3.05, 3.63) is 12.1 Å². The topological polar surface area (TPSA) is 66.2 Å². The highest BCUT2D eigenvalue weighted by Crippen LogP contribution is 2.14. The van der Waals surface area contributed by atoms with Crippen LogP contribution in [0.15, 0.2) is 12.1 Å². The fourth-order valence-corrected chi connectivity index (χ4v) is 5.08. The predicted molar refractivity (Wildman–Crippen MR) is 76.1 cm³/mol. The normalized spacial score (nSPS) is 13.3. The van der Waals surface area contributed by atoms with Crippen LogP contribution in [-0.2, 0) is 0 Å². The second-order valence-electron chi connectivity index (χ2n) is 5.24. The molecule has 0 aliphatic carbocycles. The molecule has 1 aromatic heterocycles. The maximum absolute atomic E-state index is 10.2. The van der Waals surface area contributed by atoms with Gasteiger partial charge in [0.2, 0.25) is 16.6 Å². The van der Waals surface area contributed by atoms with E-state index in [2.05, 4.69) is 8.75 Å². The summed E-state index contributed by atoms with van der Waals surface area (Å²) in [5, 5.41) is 1.78. The van der Waals surface area contributed by atoms with E-state index < -0.39 is 16.6 Å². The maximum atomic E-state index is 10.2. The molecule has 17 heavy (non-hydrogen) atoms. The molecule has 2 rings (SSSR count). The maximum Gasteiger partial charge on any atom is 0.216 e. The van der Waals surface area contributed by atoms with Gasteiger partial charge in [0.15, 0.2) is 0 Å². The van der Waals surface area contributed by atoms with Gasteiger partial charge in [-0.2, -0.15) is 8.75 Å². The molecule has 2 aromatic rings. The Morgan fingerprint density at radius 1 is 0.882 bits per heavy atom. The number of benzene rings is 1. The van der Waals surface area contributed by atoms with Crippen LogP contribution in [0, 0.1) is 0 Å². The van der Waals surface area contributed by atoms with Crippen LogP contribution in [0.5, 0.6) is 0 Å². The van der Waals surface area contributed by atoms with Gasteiger partial charge in [-0.15, -0.1) is 0 Å². The van der Waals surface area contributed by atoms with Crippen molar-refractivity contribution >= 4 is 49.8 Å². The second-order valence-corrected chi connectivity index (χ2v) is 13.1.